The molecule has 0 aliphatic rings. The van der Waals surface area contributed by atoms with Crippen molar-refractivity contribution < 1.29 is 13.9 Å². The van der Waals surface area contributed by atoms with Gasteiger partial charge in [0.25, 0.3) is 0 Å². The number of hydrogen-bond acceptors (Lipinski definition) is 3. The summed E-state index contributed by atoms with van der Waals surface area (Å²) >= 11 is 5.67. The second kappa shape index (κ2) is 5.09. The fourth-order valence-electron chi connectivity index (χ4n) is 1.21. The van der Waals surface area contributed by atoms with Gasteiger partial charge in [0.15, 0.2) is 11.5 Å². The summed E-state index contributed by atoms with van der Waals surface area (Å²) in [5.41, 5.74) is 0.276. The summed E-state index contributed by atoms with van der Waals surface area (Å²) in [5.74, 6) is -0.720. The zero-order chi connectivity index (χ0) is 11.4. The number of carbonyl (C=O) groups is 1. The van der Waals surface area contributed by atoms with Gasteiger partial charge in [-0.05, 0) is 19.2 Å². The average molecular weight is 232 g/mol. The zero-order valence-electron chi connectivity index (χ0n) is 8.43. The molecule has 0 saturated heterocycles. The number of ether oxygens (including phenoxy) is 1. The fourth-order valence-corrected chi connectivity index (χ4v) is 1.45. The molecule has 1 N–H and O–H groups in total. The molecule has 0 atom stereocenters. The van der Waals surface area contributed by atoms with Crippen molar-refractivity contribution in [3.05, 3.63) is 28.5 Å². The van der Waals surface area contributed by atoms with Crippen LogP contribution in [-0.4, -0.2) is 26.5 Å². The van der Waals surface area contributed by atoms with Gasteiger partial charge in [-0.25, -0.2) is 4.39 Å². The number of likely N-dealkylation sites (N-methyl/N-ethyl adjacent to an activating group) is 1. The minimum Gasteiger partial charge on any atom is -0.494 e. The van der Waals surface area contributed by atoms with E-state index >= 15 is 0 Å². The lowest BCUT2D eigenvalue weighted by molar-refractivity contribution is 0.0990. The Bertz CT molecular complexity index is 382. The van der Waals surface area contributed by atoms with Gasteiger partial charge in [-0.3, -0.25) is 4.79 Å². The van der Waals surface area contributed by atoms with Crippen molar-refractivity contribution in [2.75, 3.05) is 20.7 Å². The van der Waals surface area contributed by atoms with Gasteiger partial charge >= 0.3 is 0 Å². The molecule has 3 nitrogen and oxygen atoms in total. The van der Waals surface area contributed by atoms with Crippen LogP contribution in [0.1, 0.15) is 10.4 Å². The maximum Gasteiger partial charge on any atom is 0.180 e. The molecule has 0 aliphatic carbocycles. The maximum absolute atomic E-state index is 13.1. The number of methoxy groups -OCH3 is 1. The number of Topliss-reactive ketones (excluding diaryl/α,β-unsaturated/α-hetero) is 1. The summed E-state index contributed by atoms with van der Waals surface area (Å²) < 4.78 is 18.0. The minimum absolute atomic E-state index is 0.0805. The maximum atomic E-state index is 13.1. The number of hydrogen-bond donors (Lipinski definition) is 1. The topological polar surface area (TPSA) is 38.3 Å². The fraction of sp³-hybridized carbons (Fsp3) is 0.300. The molecule has 0 radical (unpaired) electrons. The van der Waals surface area contributed by atoms with E-state index in [1.807, 2.05) is 0 Å². The summed E-state index contributed by atoms with van der Waals surface area (Å²) in [5, 5.41) is 2.54. The first-order chi connectivity index (χ1) is 7.11. The van der Waals surface area contributed by atoms with Crippen LogP contribution in [0, 0.1) is 5.82 Å². The Morgan fingerprint density at radius 1 is 1.60 bits per heavy atom. The van der Waals surface area contributed by atoms with E-state index in [0.717, 1.165) is 6.07 Å². The Hall–Kier alpha value is -1.13. The third kappa shape index (κ3) is 2.46. The van der Waals surface area contributed by atoms with Crippen molar-refractivity contribution in [3.63, 3.8) is 0 Å². The number of halogens is 2. The van der Waals surface area contributed by atoms with Gasteiger partial charge in [-0.2, -0.15) is 0 Å². The second-order valence-electron chi connectivity index (χ2n) is 2.90. The van der Waals surface area contributed by atoms with E-state index in [0.29, 0.717) is 0 Å². The standard InChI is InChI=1S/C10H11ClFNO2/c1-13-5-8(14)6-3-4-7(12)9(11)10(6)15-2/h3-4,13H,5H2,1-2H3. The normalized spacial score (nSPS) is 10.1. The lowest BCUT2D eigenvalue weighted by Crippen LogP contribution is -2.19. The van der Waals surface area contributed by atoms with E-state index in [1.54, 1.807) is 7.05 Å². The molecule has 0 heterocycles. The van der Waals surface area contributed by atoms with E-state index in [4.69, 9.17) is 16.3 Å². The summed E-state index contributed by atoms with van der Waals surface area (Å²) in [6.07, 6.45) is 0. The van der Waals surface area contributed by atoms with Crippen LogP contribution in [0.25, 0.3) is 0 Å². The number of carbonyl (C=O) groups excluding carboxylic acids is 1. The predicted molar refractivity (Wildman–Crippen MR) is 56.2 cm³/mol. The molecule has 0 spiro atoms. The molecule has 0 aromatic heterocycles. The molecular formula is C10H11ClFNO2. The summed E-state index contributed by atoms with van der Waals surface area (Å²) in [6, 6.07) is 2.51. The van der Waals surface area contributed by atoms with Crippen molar-refractivity contribution in [3.8, 4) is 5.75 Å². The van der Waals surface area contributed by atoms with Crippen LogP contribution in [0.2, 0.25) is 5.02 Å². The Labute approximate surface area is 92.2 Å². The first-order valence-electron chi connectivity index (χ1n) is 4.31. The van der Waals surface area contributed by atoms with Gasteiger partial charge in [0.1, 0.15) is 10.8 Å². The van der Waals surface area contributed by atoms with Crippen molar-refractivity contribution in [2.24, 2.45) is 0 Å². The van der Waals surface area contributed by atoms with Crippen LogP contribution < -0.4 is 10.1 Å². The largest absolute Gasteiger partial charge is 0.494 e. The van der Waals surface area contributed by atoms with Crippen molar-refractivity contribution in [2.45, 2.75) is 0 Å². The quantitative estimate of drug-likeness (QED) is 0.805. The highest BCUT2D eigenvalue weighted by molar-refractivity contribution is 6.32. The summed E-state index contributed by atoms with van der Waals surface area (Å²) in [4.78, 5) is 11.6. The highest BCUT2D eigenvalue weighted by atomic mass is 35.5. The van der Waals surface area contributed by atoms with Crippen molar-refractivity contribution >= 4 is 17.4 Å². The van der Waals surface area contributed by atoms with Crippen LogP contribution >= 0.6 is 11.6 Å². The van der Waals surface area contributed by atoms with Crippen LogP contribution in [0.3, 0.4) is 0 Å². The number of ketones is 1. The van der Waals surface area contributed by atoms with Crippen LogP contribution in [0.4, 0.5) is 4.39 Å². The van der Waals surface area contributed by atoms with Gasteiger partial charge in [-0.15, -0.1) is 0 Å². The van der Waals surface area contributed by atoms with Crippen molar-refractivity contribution in [1.29, 1.82) is 0 Å². The SMILES string of the molecule is CNCC(=O)c1ccc(F)c(Cl)c1OC. The Balaban J connectivity index is 3.18. The highest BCUT2D eigenvalue weighted by Crippen LogP contribution is 2.31. The molecule has 0 bridgehead atoms. The van der Waals surface area contributed by atoms with Crippen LogP contribution in [-0.2, 0) is 0 Å². The molecule has 0 fully saturated rings. The Kier molecular flexibility index (Phi) is 4.05. The molecule has 1 aromatic carbocycles. The molecule has 0 unspecified atom stereocenters. The van der Waals surface area contributed by atoms with Gasteiger partial charge in [0.05, 0.1) is 19.2 Å². The molecule has 15 heavy (non-hydrogen) atoms. The highest BCUT2D eigenvalue weighted by Gasteiger charge is 2.17. The van der Waals surface area contributed by atoms with Gasteiger partial charge in [0, 0.05) is 0 Å². The lowest BCUT2D eigenvalue weighted by atomic mass is 10.1. The number of benzene rings is 1. The third-order valence-corrected chi connectivity index (χ3v) is 2.24. The van der Waals surface area contributed by atoms with E-state index in [-0.39, 0.29) is 28.7 Å². The smallest absolute Gasteiger partial charge is 0.180 e. The van der Waals surface area contributed by atoms with E-state index < -0.39 is 5.82 Å². The predicted octanol–water partition coefficient (Wildman–Crippen LogP) is 1.89. The summed E-state index contributed by atoms with van der Waals surface area (Å²) in [7, 11) is 2.99. The second-order valence-corrected chi connectivity index (χ2v) is 3.27. The molecule has 0 saturated carbocycles. The number of rotatable bonds is 4. The Morgan fingerprint density at radius 2 is 2.27 bits per heavy atom. The first-order valence-corrected chi connectivity index (χ1v) is 4.69. The van der Waals surface area contributed by atoms with Crippen LogP contribution in [0.15, 0.2) is 12.1 Å². The number of nitrogens with one attached hydrogen (secondary N) is 1. The minimum atomic E-state index is -0.602. The molecule has 0 aliphatic heterocycles. The molecule has 1 rings (SSSR count). The molecule has 5 heteroatoms. The van der Waals surface area contributed by atoms with E-state index in [1.165, 1.54) is 13.2 Å². The van der Waals surface area contributed by atoms with Gasteiger partial charge in [-0.1, -0.05) is 11.6 Å². The van der Waals surface area contributed by atoms with Crippen molar-refractivity contribution in [1.82, 2.24) is 5.32 Å². The summed E-state index contributed by atoms with van der Waals surface area (Å²) in [6.45, 7) is 0.151. The molecule has 82 valence electrons. The third-order valence-electron chi connectivity index (χ3n) is 1.89. The average Bonchev–Trinajstić information content (AvgIpc) is 2.22. The van der Waals surface area contributed by atoms with Crippen LogP contribution in [0.5, 0.6) is 5.75 Å². The monoisotopic (exact) mass is 231 g/mol. The lowest BCUT2D eigenvalue weighted by Gasteiger charge is -2.09. The molecule has 1 aromatic rings. The molecule has 0 amide bonds. The first kappa shape index (κ1) is 11.9. The molecular weight excluding hydrogens is 221 g/mol. The van der Waals surface area contributed by atoms with Gasteiger partial charge < -0.3 is 10.1 Å². The van der Waals surface area contributed by atoms with Gasteiger partial charge in [0.2, 0.25) is 0 Å². The Morgan fingerprint density at radius 3 is 2.80 bits per heavy atom. The van der Waals surface area contributed by atoms with E-state index in [2.05, 4.69) is 5.32 Å². The zero-order valence-corrected chi connectivity index (χ0v) is 9.19. The van der Waals surface area contributed by atoms with E-state index in [9.17, 15) is 9.18 Å².